The van der Waals surface area contributed by atoms with Crippen molar-refractivity contribution < 1.29 is 9.45 Å². The van der Waals surface area contributed by atoms with Crippen molar-refractivity contribution in [3.05, 3.63) is 46.0 Å². The summed E-state index contributed by atoms with van der Waals surface area (Å²) in [6.07, 6.45) is 0. The largest absolute Gasteiger partial charge is 0.391 e. The van der Waals surface area contributed by atoms with E-state index in [0.29, 0.717) is 22.3 Å². The van der Waals surface area contributed by atoms with E-state index in [0.717, 1.165) is 10.4 Å². The van der Waals surface area contributed by atoms with Gasteiger partial charge in [-0.05, 0) is 30.7 Å². The number of benzene rings is 1. The van der Waals surface area contributed by atoms with E-state index in [1.807, 2.05) is 13.0 Å². The molecule has 1 aromatic carbocycles. The van der Waals surface area contributed by atoms with Crippen LogP contribution in [0.1, 0.15) is 5.56 Å². The summed E-state index contributed by atoms with van der Waals surface area (Å²) in [4.78, 5) is 15.3. The molecule has 0 spiro atoms. The maximum Gasteiger partial charge on any atom is 0.269 e. The first-order chi connectivity index (χ1) is 10.0. The van der Waals surface area contributed by atoms with Gasteiger partial charge in [0, 0.05) is 17.7 Å². The molecule has 0 unspecified atom stereocenters. The molecule has 0 fully saturated rings. The minimum atomic E-state index is -0.455. The number of hydrogen-bond donors (Lipinski definition) is 1. The van der Waals surface area contributed by atoms with Gasteiger partial charge in [0.1, 0.15) is 0 Å². The number of rotatable bonds is 3. The summed E-state index contributed by atoms with van der Waals surface area (Å²) >= 11 is 1.37. The Labute approximate surface area is 123 Å². The van der Waals surface area contributed by atoms with E-state index in [1.165, 1.54) is 23.5 Å². The van der Waals surface area contributed by atoms with Crippen LogP contribution in [0.5, 0.6) is 0 Å². The van der Waals surface area contributed by atoms with Crippen molar-refractivity contribution in [1.29, 1.82) is 0 Å². The van der Waals surface area contributed by atoms with Gasteiger partial charge in [0.25, 0.3) is 11.6 Å². The summed E-state index contributed by atoms with van der Waals surface area (Å²) in [7, 11) is 0. The van der Waals surface area contributed by atoms with Crippen LogP contribution in [0.15, 0.2) is 34.9 Å². The molecular weight excluding hydrogens is 292 g/mol. The van der Waals surface area contributed by atoms with Gasteiger partial charge in [-0.15, -0.1) is 11.3 Å². The quantitative estimate of drug-likeness (QED) is 0.587. The zero-order valence-corrected chi connectivity index (χ0v) is 11.8. The Balaban J connectivity index is 1.94. The summed E-state index contributed by atoms with van der Waals surface area (Å²) in [5, 5.41) is 15.2. The van der Waals surface area contributed by atoms with E-state index in [-0.39, 0.29) is 5.69 Å². The van der Waals surface area contributed by atoms with Crippen molar-refractivity contribution in [2.45, 2.75) is 6.92 Å². The summed E-state index contributed by atoms with van der Waals surface area (Å²) in [5.41, 5.74) is 7.38. The number of aromatic nitrogens is 2. The van der Waals surface area contributed by atoms with Crippen LogP contribution in [0.4, 0.5) is 10.7 Å². The lowest BCUT2D eigenvalue weighted by atomic mass is 10.2. The third-order valence-corrected chi connectivity index (χ3v) is 3.95. The Morgan fingerprint density at radius 2 is 2.05 bits per heavy atom. The molecular formula is C13H10N4O3S. The first-order valence-electron chi connectivity index (χ1n) is 5.99. The highest BCUT2D eigenvalue weighted by Gasteiger charge is 2.15. The van der Waals surface area contributed by atoms with Gasteiger partial charge in [-0.1, -0.05) is 5.16 Å². The highest BCUT2D eigenvalue weighted by molar-refractivity contribution is 7.19. The van der Waals surface area contributed by atoms with Gasteiger partial charge in [0.05, 0.1) is 14.8 Å². The summed E-state index contributed by atoms with van der Waals surface area (Å²) in [6.45, 7) is 1.91. The van der Waals surface area contributed by atoms with Crippen LogP contribution in [-0.4, -0.2) is 15.1 Å². The molecule has 7 nitrogen and oxygen atoms in total. The van der Waals surface area contributed by atoms with Gasteiger partial charge in [0.15, 0.2) is 0 Å². The third kappa shape index (κ3) is 2.48. The molecule has 0 radical (unpaired) electrons. The first-order valence-corrected chi connectivity index (χ1v) is 6.81. The van der Waals surface area contributed by atoms with Crippen LogP contribution in [-0.2, 0) is 0 Å². The molecule has 106 valence electrons. The standard InChI is InChI=1S/C13H10N4O3S/c1-7-6-10(14)21-11(7)13-15-12(16-20-13)8-2-4-9(5-3-8)17(18)19/h2-6H,14H2,1H3. The molecule has 2 heterocycles. The molecule has 0 aliphatic heterocycles. The molecule has 8 heteroatoms. The number of nitro groups is 1. The lowest BCUT2D eigenvalue weighted by Gasteiger charge is -1.93. The number of nitrogens with zero attached hydrogens (tertiary/aromatic N) is 3. The number of nitro benzene ring substituents is 1. The Kier molecular flexibility index (Phi) is 3.15. The second-order valence-electron chi connectivity index (χ2n) is 4.39. The molecule has 3 rings (SSSR count). The average Bonchev–Trinajstić information content (AvgIpc) is 3.05. The normalized spacial score (nSPS) is 10.7. The maximum absolute atomic E-state index is 10.6. The van der Waals surface area contributed by atoms with Crippen molar-refractivity contribution in [2.24, 2.45) is 0 Å². The first kappa shape index (κ1) is 13.3. The summed E-state index contributed by atoms with van der Waals surface area (Å²) in [6, 6.07) is 7.82. The Bertz CT molecular complexity index is 807. The molecule has 3 aromatic rings. The molecule has 0 saturated carbocycles. The van der Waals surface area contributed by atoms with Crippen LogP contribution in [0.25, 0.3) is 22.2 Å². The maximum atomic E-state index is 10.6. The van der Waals surface area contributed by atoms with E-state index >= 15 is 0 Å². The number of non-ortho nitro benzene ring substituents is 1. The van der Waals surface area contributed by atoms with Crippen LogP contribution in [0.3, 0.4) is 0 Å². The van der Waals surface area contributed by atoms with Crippen molar-refractivity contribution in [1.82, 2.24) is 10.1 Å². The van der Waals surface area contributed by atoms with Crippen LogP contribution in [0.2, 0.25) is 0 Å². The smallest absolute Gasteiger partial charge is 0.269 e. The summed E-state index contributed by atoms with van der Waals surface area (Å²) in [5.74, 6) is 0.772. The van der Waals surface area contributed by atoms with E-state index in [4.69, 9.17) is 10.3 Å². The topological polar surface area (TPSA) is 108 Å². The second-order valence-corrected chi connectivity index (χ2v) is 5.47. The van der Waals surface area contributed by atoms with Crippen molar-refractivity contribution in [3.8, 4) is 22.2 Å². The molecule has 0 bridgehead atoms. The van der Waals surface area contributed by atoms with Gasteiger partial charge in [-0.25, -0.2) is 0 Å². The van der Waals surface area contributed by atoms with Crippen molar-refractivity contribution in [2.75, 3.05) is 5.73 Å². The van der Waals surface area contributed by atoms with Crippen LogP contribution in [0, 0.1) is 17.0 Å². The van der Waals surface area contributed by atoms with E-state index in [1.54, 1.807) is 12.1 Å². The monoisotopic (exact) mass is 302 g/mol. The zero-order valence-electron chi connectivity index (χ0n) is 10.9. The molecule has 0 aliphatic rings. The van der Waals surface area contributed by atoms with Crippen LogP contribution >= 0.6 is 11.3 Å². The van der Waals surface area contributed by atoms with E-state index in [2.05, 4.69) is 10.1 Å². The SMILES string of the molecule is Cc1cc(N)sc1-c1nc(-c2ccc([N+](=O)[O-])cc2)no1. The predicted octanol–water partition coefficient (Wildman–Crippen LogP) is 3.26. The average molecular weight is 302 g/mol. The molecule has 2 aromatic heterocycles. The van der Waals surface area contributed by atoms with Gasteiger partial charge in [-0.3, -0.25) is 10.1 Å². The number of aryl methyl sites for hydroxylation is 1. The number of nitrogens with two attached hydrogens (primary N) is 1. The minimum absolute atomic E-state index is 0.0179. The number of hydrogen-bond acceptors (Lipinski definition) is 7. The number of nitrogen functional groups attached to an aromatic ring is 1. The van der Waals surface area contributed by atoms with Crippen molar-refractivity contribution in [3.63, 3.8) is 0 Å². The zero-order chi connectivity index (χ0) is 15.0. The van der Waals surface area contributed by atoms with E-state index < -0.39 is 4.92 Å². The van der Waals surface area contributed by atoms with Gasteiger partial charge >= 0.3 is 0 Å². The van der Waals surface area contributed by atoms with E-state index in [9.17, 15) is 10.1 Å². The number of anilines is 1. The predicted molar refractivity (Wildman–Crippen MR) is 78.9 cm³/mol. The molecule has 0 atom stereocenters. The highest BCUT2D eigenvalue weighted by Crippen LogP contribution is 2.33. The Morgan fingerprint density at radius 1 is 1.33 bits per heavy atom. The molecule has 2 N–H and O–H groups in total. The Morgan fingerprint density at radius 3 is 2.62 bits per heavy atom. The molecule has 21 heavy (non-hydrogen) atoms. The highest BCUT2D eigenvalue weighted by atomic mass is 32.1. The minimum Gasteiger partial charge on any atom is -0.391 e. The fourth-order valence-electron chi connectivity index (χ4n) is 1.88. The fraction of sp³-hybridized carbons (Fsp3) is 0.0769. The lowest BCUT2D eigenvalue weighted by Crippen LogP contribution is -1.87. The number of thiophene rings is 1. The van der Waals surface area contributed by atoms with Crippen LogP contribution < -0.4 is 5.73 Å². The van der Waals surface area contributed by atoms with Gasteiger partial charge in [0.2, 0.25) is 5.82 Å². The van der Waals surface area contributed by atoms with Crippen molar-refractivity contribution >= 4 is 22.0 Å². The molecule has 0 saturated heterocycles. The Hall–Kier alpha value is -2.74. The van der Waals surface area contributed by atoms with Gasteiger partial charge < -0.3 is 10.3 Å². The molecule has 0 amide bonds. The second kappa shape index (κ2) is 4.98. The third-order valence-electron chi connectivity index (χ3n) is 2.89. The summed E-state index contributed by atoms with van der Waals surface area (Å²) < 4.78 is 5.24. The molecule has 0 aliphatic carbocycles. The van der Waals surface area contributed by atoms with Gasteiger partial charge in [-0.2, -0.15) is 4.98 Å². The fourth-order valence-corrected chi connectivity index (χ4v) is 2.75. The lowest BCUT2D eigenvalue weighted by molar-refractivity contribution is -0.384.